The molecule has 2 aromatic carbocycles. The van der Waals surface area contributed by atoms with Crippen LogP contribution < -0.4 is 5.43 Å². The first kappa shape index (κ1) is 18.4. The van der Waals surface area contributed by atoms with Gasteiger partial charge in [0.2, 0.25) is 0 Å². The first-order valence-corrected chi connectivity index (χ1v) is 8.72. The number of amides is 2. The first-order valence-electron chi connectivity index (χ1n) is 8.72. The lowest BCUT2D eigenvalue weighted by atomic mass is 9.94. The zero-order valence-electron chi connectivity index (χ0n) is 14.9. The molecular weight excluding hydrogens is 344 g/mol. The highest BCUT2D eigenvalue weighted by Crippen LogP contribution is 2.27. The van der Waals surface area contributed by atoms with Crippen LogP contribution in [0, 0.1) is 0 Å². The molecule has 0 saturated heterocycles. The molecule has 1 N–H and O–H groups in total. The second-order valence-corrected chi connectivity index (χ2v) is 6.02. The molecule has 0 bridgehead atoms. The highest BCUT2D eigenvalue weighted by Gasteiger charge is 2.36. The van der Waals surface area contributed by atoms with Gasteiger partial charge in [0.1, 0.15) is 0 Å². The predicted molar refractivity (Wildman–Crippen MR) is 100 cm³/mol. The fraction of sp³-hybridized carbons (Fsp3) is 0.190. The van der Waals surface area contributed by atoms with Crippen LogP contribution in [-0.2, 0) is 14.3 Å². The zero-order chi connectivity index (χ0) is 19.2. The van der Waals surface area contributed by atoms with Gasteiger partial charge >= 0.3 is 5.97 Å². The fourth-order valence-electron chi connectivity index (χ4n) is 2.91. The highest BCUT2D eigenvalue weighted by molar-refractivity contribution is 6.03. The average molecular weight is 364 g/mol. The molecule has 138 valence electrons. The minimum Gasteiger partial charge on any atom is -0.464 e. The van der Waals surface area contributed by atoms with Gasteiger partial charge in [-0.05, 0) is 30.2 Å². The van der Waals surface area contributed by atoms with Gasteiger partial charge in [-0.2, -0.15) is 0 Å². The molecule has 1 aliphatic rings. The molecule has 0 unspecified atom stereocenters. The Kier molecular flexibility index (Phi) is 5.66. The molecule has 0 aliphatic carbocycles. The van der Waals surface area contributed by atoms with Crippen molar-refractivity contribution in [3.8, 4) is 0 Å². The molecule has 0 spiro atoms. The monoisotopic (exact) mass is 364 g/mol. The summed E-state index contributed by atoms with van der Waals surface area (Å²) in [5.74, 6) is -1.49. The van der Waals surface area contributed by atoms with Crippen LogP contribution in [0.4, 0.5) is 0 Å². The van der Waals surface area contributed by atoms with Crippen molar-refractivity contribution in [2.75, 3.05) is 6.61 Å². The summed E-state index contributed by atoms with van der Waals surface area (Å²) in [6.45, 7) is 1.89. The van der Waals surface area contributed by atoms with Gasteiger partial charge in [0.05, 0.1) is 6.61 Å². The maximum atomic E-state index is 12.7. The van der Waals surface area contributed by atoms with Crippen molar-refractivity contribution in [2.24, 2.45) is 0 Å². The van der Waals surface area contributed by atoms with Crippen LogP contribution in [0.25, 0.3) is 5.57 Å². The number of carbonyl (C=O) groups excluding carboxylic acids is 3. The normalized spacial score (nSPS) is 16.5. The molecule has 0 aromatic heterocycles. The van der Waals surface area contributed by atoms with Crippen LogP contribution >= 0.6 is 0 Å². The number of ether oxygens (including phenoxy) is 1. The van der Waals surface area contributed by atoms with Gasteiger partial charge < -0.3 is 4.74 Å². The van der Waals surface area contributed by atoms with Gasteiger partial charge in [0, 0.05) is 18.1 Å². The Bertz CT molecular complexity index is 862. The molecule has 0 radical (unpaired) electrons. The summed E-state index contributed by atoms with van der Waals surface area (Å²) in [7, 11) is 0. The summed E-state index contributed by atoms with van der Waals surface area (Å²) in [5, 5.41) is 1.06. The molecule has 6 nitrogen and oxygen atoms in total. The van der Waals surface area contributed by atoms with Gasteiger partial charge in [-0.3, -0.25) is 15.0 Å². The van der Waals surface area contributed by atoms with E-state index in [2.05, 4.69) is 5.43 Å². The lowest BCUT2D eigenvalue weighted by Gasteiger charge is -2.33. The Hall–Kier alpha value is -3.41. The summed E-state index contributed by atoms with van der Waals surface area (Å²) in [4.78, 5) is 37.6. The number of benzene rings is 2. The molecular formula is C21H20N2O4. The van der Waals surface area contributed by atoms with Crippen molar-refractivity contribution in [1.82, 2.24) is 10.4 Å². The molecule has 0 fully saturated rings. The standard InChI is InChI=1S/C21H20N2O4/c1-2-27-21(26)18-13-17(15-9-5-3-6-10-15)14-19(24)23(18)22-20(25)16-11-7-4-8-12-16/h3-12,14,18H,2,13H2,1H3,(H,22,25)/t18-/m1/s1. The quantitative estimate of drug-likeness (QED) is 0.828. The highest BCUT2D eigenvalue weighted by atomic mass is 16.5. The number of rotatable bonds is 5. The van der Waals surface area contributed by atoms with Crippen molar-refractivity contribution in [1.29, 1.82) is 0 Å². The van der Waals surface area contributed by atoms with Crippen LogP contribution in [-0.4, -0.2) is 35.4 Å². The minimum absolute atomic E-state index is 0.189. The van der Waals surface area contributed by atoms with Gasteiger partial charge in [-0.25, -0.2) is 9.80 Å². The Labute approximate surface area is 157 Å². The predicted octanol–water partition coefficient (Wildman–Crippen LogP) is 2.58. The molecule has 27 heavy (non-hydrogen) atoms. The van der Waals surface area contributed by atoms with Gasteiger partial charge in [-0.15, -0.1) is 0 Å². The van der Waals surface area contributed by atoms with E-state index in [0.29, 0.717) is 5.56 Å². The van der Waals surface area contributed by atoms with E-state index < -0.39 is 23.8 Å². The van der Waals surface area contributed by atoms with E-state index in [1.165, 1.54) is 6.08 Å². The number of nitrogens with one attached hydrogen (secondary N) is 1. The average Bonchev–Trinajstić information content (AvgIpc) is 2.70. The summed E-state index contributed by atoms with van der Waals surface area (Å²) in [6.07, 6.45) is 1.69. The smallest absolute Gasteiger partial charge is 0.331 e. The van der Waals surface area contributed by atoms with Crippen LogP contribution in [0.5, 0.6) is 0 Å². The van der Waals surface area contributed by atoms with E-state index in [1.807, 2.05) is 30.3 Å². The molecule has 6 heteroatoms. The van der Waals surface area contributed by atoms with Crippen LogP contribution in [0.1, 0.15) is 29.3 Å². The topological polar surface area (TPSA) is 75.7 Å². The van der Waals surface area contributed by atoms with E-state index in [9.17, 15) is 14.4 Å². The molecule has 0 saturated carbocycles. The van der Waals surface area contributed by atoms with E-state index in [4.69, 9.17) is 4.74 Å². The summed E-state index contributed by atoms with van der Waals surface area (Å²) >= 11 is 0. The third kappa shape index (κ3) is 4.23. The number of hydrazine groups is 1. The van der Waals surface area contributed by atoms with Crippen molar-refractivity contribution in [3.63, 3.8) is 0 Å². The summed E-state index contributed by atoms with van der Waals surface area (Å²) < 4.78 is 5.12. The number of nitrogens with zero attached hydrogens (tertiary/aromatic N) is 1. The van der Waals surface area contributed by atoms with Crippen molar-refractivity contribution >= 4 is 23.4 Å². The second-order valence-electron chi connectivity index (χ2n) is 6.02. The summed E-state index contributed by atoms with van der Waals surface area (Å²) in [5.41, 5.74) is 4.52. The number of carbonyl (C=O) groups is 3. The number of hydrogen-bond donors (Lipinski definition) is 1. The van der Waals surface area contributed by atoms with Crippen molar-refractivity contribution in [2.45, 2.75) is 19.4 Å². The van der Waals surface area contributed by atoms with Crippen molar-refractivity contribution < 1.29 is 19.1 Å². The van der Waals surface area contributed by atoms with Gasteiger partial charge in [-0.1, -0.05) is 48.5 Å². The number of hydrogen-bond acceptors (Lipinski definition) is 4. The van der Waals surface area contributed by atoms with E-state index >= 15 is 0 Å². The van der Waals surface area contributed by atoms with Crippen LogP contribution in [0.15, 0.2) is 66.7 Å². The second kappa shape index (κ2) is 8.31. The zero-order valence-corrected chi connectivity index (χ0v) is 14.9. The van der Waals surface area contributed by atoms with E-state index in [0.717, 1.165) is 16.1 Å². The molecule has 1 aliphatic heterocycles. The molecule has 3 rings (SSSR count). The Balaban J connectivity index is 1.88. The Morgan fingerprint density at radius 1 is 1.07 bits per heavy atom. The SMILES string of the molecule is CCOC(=O)[C@H]1CC(c2ccccc2)=CC(=O)N1NC(=O)c1ccccc1. The molecule has 2 aromatic rings. The first-order chi connectivity index (χ1) is 13.1. The van der Waals surface area contributed by atoms with Crippen LogP contribution in [0.2, 0.25) is 0 Å². The lowest BCUT2D eigenvalue weighted by Crippen LogP contribution is -2.56. The summed E-state index contributed by atoms with van der Waals surface area (Å²) in [6, 6.07) is 16.9. The van der Waals surface area contributed by atoms with Gasteiger partial charge in [0.25, 0.3) is 11.8 Å². The molecule has 1 heterocycles. The van der Waals surface area contributed by atoms with E-state index in [-0.39, 0.29) is 13.0 Å². The Morgan fingerprint density at radius 3 is 2.33 bits per heavy atom. The fourth-order valence-corrected chi connectivity index (χ4v) is 2.91. The third-order valence-corrected chi connectivity index (χ3v) is 4.22. The largest absolute Gasteiger partial charge is 0.464 e. The van der Waals surface area contributed by atoms with Crippen LogP contribution in [0.3, 0.4) is 0 Å². The van der Waals surface area contributed by atoms with Gasteiger partial charge in [0.15, 0.2) is 6.04 Å². The molecule has 1 atom stereocenters. The minimum atomic E-state index is -0.926. The Morgan fingerprint density at radius 2 is 1.70 bits per heavy atom. The number of esters is 1. The lowest BCUT2D eigenvalue weighted by molar-refractivity contribution is -0.155. The van der Waals surface area contributed by atoms with Crippen molar-refractivity contribution in [3.05, 3.63) is 77.9 Å². The maximum Gasteiger partial charge on any atom is 0.331 e. The maximum absolute atomic E-state index is 12.7. The molecule has 2 amide bonds. The third-order valence-electron chi connectivity index (χ3n) is 4.22. The van der Waals surface area contributed by atoms with E-state index in [1.54, 1.807) is 37.3 Å².